The van der Waals surface area contributed by atoms with E-state index >= 15 is 8.78 Å². The summed E-state index contributed by atoms with van der Waals surface area (Å²) in [6.07, 6.45) is 4.13. The Balaban J connectivity index is 0.000000184. The number of nitrogen functional groups attached to an aromatic ring is 1. The van der Waals surface area contributed by atoms with Crippen molar-refractivity contribution in [3.05, 3.63) is 118 Å². The second-order valence-corrected chi connectivity index (χ2v) is 38.4. The number of carbonyl (C=O) groups excluding carboxylic acids is 4. The molecule has 0 spiro atoms. The molecule has 0 fully saturated rings. The lowest BCUT2D eigenvalue weighted by Gasteiger charge is -2.45. The van der Waals surface area contributed by atoms with Gasteiger partial charge in [-0.2, -0.15) is 17.6 Å². The molecule has 5 aromatic rings. The summed E-state index contributed by atoms with van der Waals surface area (Å²) in [6.45, 7) is 20.8. The number of nitrogens with two attached hydrogens (primary N) is 2. The van der Waals surface area contributed by atoms with E-state index in [1.807, 2.05) is 0 Å². The number of pyridine rings is 3. The molecular weight excluding hydrogens is 1430 g/mol. The summed E-state index contributed by atoms with van der Waals surface area (Å²) in [6, 6.07) is 7.60. The van der Waals surface area contributed by atoms with Gasteiger partial charge in [0.1, 0.15) is 90.1 Å². The van der Waals surface area contributed by atoms with Gasteiger partial charge in [-0.3, -0.25) is 44.1 Å². The van der Waals surface area contributed by atoms with Crippen molar-refractivity contribution >= 4 is 75.8 Å². The van der Waals surface area contributed by atoms with E-state index in [0.717, 1.165) is 30.9 Å². The van der Waals surface area contributed by atoms with Gasteiger partial charge in [0.15, 0.2) is 11.6 Å². The zero-order valence-corrected chi connectivity index (χ0v) is 62.5. The molecule has 11 rings (SSSR count). The van der Waals surface area contributed by atoms with Crippen molar-refractivity contribution in [1.29, 1.82) is 0 Å². The van der Waals surface area contributed by atoms with Crippen LogP contribution in [0.3, 0.4) is 0 Å². The highest BCUT2D eigenvalue weighted by molar-refractivity contribution is 7.97. The number of aromatic nitrogens is 7. The Morgan fingerprint density at radius 3 is 1.15 bits per heavy atom. The smallest absolute Gasteiger partial charge is 0.388 e. The molecule has 5 aromatic heterocycles. The number of hydrogen-bond donors (Lipinski definition) is 2. The Bertz CT molecular complexity index is 4740. The van der Waals surface area contributed by atoms with Crippen LogP contribution < -0.4 is 20.9 Å². The molecule has 564 valence electrons. The summed E-state index contributed by atoms with van der Waals surface area (Å²) in [5.74, 6) is -4.69. The maximum absolute atomic E-state index is 15.5. The van der Waals surface area contributed by atoms with Crippen LogP contribution in [0.2, 0.25) is 0 Å². The SMILES string of the molecule is CC(C)(C)OC(=O)CC1=N[C@](C)(c2nc(CC(=O)c3cnc(OC(F)F)cn3)ccc2F)[C@@H]2CCN=[S@]2(=O)C1(C)C.CC(C)(C)OC(=O)CC1=N[C@](C)(c2nc(N)ccc2F)[C@@H]2CCN=[S@]2(=O)C1(C)C.CC1(C)C(N)=N[C@](C)(c2nc(CC(=O)c3cnc(OC(F)F)cn3)ccc2F)[C@@H]2CCN=[S@@]21=O. The first-order valence-corrected chi connectivity index (χ1v) is 37.7. The Labute approximate surface area is 598 Å². The average Bonchev–Trinajstić information content (AvgIpc) is 1.40. The first kappa shape index (κ1) is 79.6. The van der Waals surface area contributed by atoms with Gasteiger partial charge in [0, 0.05) is 42.4 Å². The van der Waals surface area contributed by atoms with Crippen LogP contribution in [0.4, 0.5) is 36.6 Å². The minimum atomic E-state index is -3.09. The molecule has 9 atom stereocenters. The quantitative estimate of drug-likeness (QED) is 0.0496. The Morgan fingerprint density at radius 2 is 0.817 bits per heavy atom. The number of aliphatic imine (C=N–C) groups is 3. The van der Waals surface area contributed by atoms with Gasteiger partial charge in [-0.25, -0.2) is 63.8 Å². The highest BCUT2D eigenvalue weighted by Gasteiger charge is 2.61. The van der Waals surface area contributed by atoms with E-state index in [1.165, 1.54) is 30.3 Å². The number of hydrogen-bond acceptors (Lipinski definition) is 26. The van der Waals surface area contributed by atoms with E-state index in [-0.39, 0.29) is 89.5 Å². The van der Waals surface area contributed by atoms with E-state index in [9.17, 15) is 53.8 Å². The maximum atomic E-state index is 15.5. The number of fused-ring (bicyclic) bond motifs is 3. The number of alkyl halides is 4. The van der Waals surface area contributed by atoms with Crippen LogP contribution in [-0.4, -0.2) is 162 Å². The Hall–Kier alpha value is -8.54. The Morgan fingerprint density at radius 1 is 0.481 bits per heavy atom. The third-order valence-electron chi connectivity index (χ3n) is 18.9. The first-order chi connectivity index (χ1) is 48.0. The molecule has 0 aromatic carbocycles. The average molecular weight is 1520 g/mol. The van der Waals surface area contributed by atoms with Crippen molar-refractivity contribution in [1.82, 2.24) is 34.9 Å². The molecule has 6 aliphatic rings. The predicted octanol–water partition coefficient (Wildman–Crippen LogP) is 10.3. The molecule has 104 heavy (non-hydrogen) atoms. The second-order valence-electron chi connectivity index (χ2n) is 29.5. The van der Waals surface area contributed by atoms with Gasteiger partial charge < -0.3 is 30.4 Å². The van der Waals surface area contributed by atoms with Crippen molar-refractivity contribution in [2.45, 2.75) is 220 Å². The Kier molecular flexibility index (Phi) is 22.0. The van der Waals surface area contributed by atoms with Gasteiger partial charge in [0.25, 0.3) is 0 Å². The fourth-order valence-corrected chi connectivity index (χ4v) is 23.1. The number of esters is 2. The molecule has 26 nitrogen and oxygen atoms in total. The number of carbonyl (C=O) groups is 4. The minimum Gasteiger partial charge on any atom is -0.460 e. The summed E-state index contributed by atoms with van der Waals surface area (Å²) >= 11 is 0. The standard InChI is InChI=1S/C27H32F3N5O5S.C21H23F3N6O3S.C20H29FN4O3S/c1-25(2,3)40-22(37)12-19-26(4,5)41(38)20(9-10-33-41)27(6,35-19)23-16(28)8-7-15(34-23)11-18(36)17-13-32-21(14-31-17)39-24(29)30;1-20(2)18(25)30-21(3,15-6-7-28-34(15,20)32)17-12(22)5-4-11(29-17)8-14(31)13-9-27-16(10-26-13)33-19(23)24;1-18(2,3)28-16(26)11-13-19(4,5)29(27)14(9-10-23-29)20(6,25-13)17-12(21)7-8-15(22)24-17/h7-8,13-14,20,24H,9-12H2,1-6H3;4-5,9-10,15,19H,6-8H2,1-3H3,(H2,25,30);7-8,14H,9-11H2,1-6H3,(H2,22,24)/t20-,27-,41+;15-,21-,34+;14-,20-,29+/m000/s1. The summed E-state index contributed by atoms with van der Waals surface area (Å²) in [4.78, 5) is 92.9. The van der Waals surface area contributed by atoms with Crippen LogP contribution in [0.1, 0.15) is 185 Å². The number of rotatable bonds is 17. The fourth-order valence-electron chi connectivity index (χ4n) is 13.5. The van der Waals surface area contributed by atoms with Crippen molar-refractivity contribution in [2.75, 3.05) is 25.4 Å². The molecular formula is C68H84F7N15O11S3. The molecule has 0 saturated heterocycles. The second kappa shape index (κ2) is 28.7. The largest absolute Gasteiger partial charge is 0.460 e. The number of nitrogens with zero attached hydrogens (tertiary/aromatic N) is 13. The number of halogens is 7. The molecule has 0 radical (unpaired) electrons. The lowest BCUT2D eigenvalue weighted by molar-refractivity contribution is -0.154. The summed E-state index contributed by atoms with van der Waals surface area (Å²) < 4.78 is 166. The van der Waals surface area contributed by atoms with Crippen molar-refractivity contribution in [3.8, 4) is 11.8 Å². The highest BCUT2D eigenvalue weighted by Crippen LogP contribution is 2.52. The van der Waals surface area contributed by atoms with Gasteiger partial charge in [-0.1, -0.05) is 0 Å². The van der Waals surface area contributed by atoms with Crippen LogP contribution in [0.5, 0.6) is 11.8 Å². The van der Waals surface area contributed by atoms with E-state index in [1.54, 1.807) is 104 Å². The molecule has 0 amide bonds. The van der Waals surface area contributed by atoms with Crippen LogP contribution in [0, 0.1) is 17.5 Å². The molecule has 36 heteroatoms. The van der Waals surface area contributed by atoms with Gasteiger partial charge >= 0.3 is 25.2 Å². The number of amidine groups is 1. The first-order valence-electron chi connectivity index (χ1n) is 33.0. The fraction of sp³-hybridized carbons (Fsp3) is 0.559. The maximum Gasteiger partial charge on any atom is 0.388 e. The normalized spacial score (nSPS) is 27.6. The van der Waals surface area contributed by atoms with Crippen LogP contribution in [-0.2, 0) is 77.7 Å². The van der Waals surface area contributed by atoms with Gasteiger partial charge in [-0.05, 0) is 160 Å². The van der Waals surface area contributed by atoms with E-state index in [0.29, 0.717) is 38.1 Å². The van der Waals surface area contributed by atoms with Crippen molar-refractivity contribution in [2.24, 2.45) is 33.8 Å². The highest BCUT2D eigenvalue weighted by atomic mass is 32.2. The number of anilines is 1. The van der Waals surface area contributed by atoms with Gasteiger partial charge in [0.2, 0.25) is 11.8 Å². The van der Waals surface area contributed by atoms with Crippen molar-refractivity contribution in [3.63, 3.8) is 0 Å². The summed E-state index contributed by atoms with van der Waals surface area (Å²) in [5.41, 5.74) is 7.20. The summed E-state index contributed by atoms with van der Waals surface area (Å²) in [5, 5.41) is -1.84. The summed E-state index contributed by atoms with van der Waals surface area (Å²) in [7, 11) is -8.78. The molecule has 0 unspecified atom stereocenters. The zero-order valence-electron chi connectivity index (χ0n) is 60.1. The van der Waals surface area contributed by atoms with Crippen molar-refractivity contribution < 1.29 is 81.5 Å². The number of Topliss-reactive ketones (excluding diaryl/α,β-unsaturated/α-hetero) is 2. The van der Waals surface area contributed by atoms with E-state index < -0.39 is 153 Å². The van der Waals surface area contributed by atoms with Gasteiger partial charge in [0.05, 0.1) is 105 Å². The van der Waals surface area contributed by atoms with Crippen LogP contribution in [0.15, 0.2) is 89.3 Å². The molecule has 0 saturated carbocycles. The molecule has 4 N–H and O–H groups in total. The lowest BCUT2D eigenvalue weighted by atomic mass is 9.88. The van der Waals surface area contributed by atoms with E-state index in [4.69, 9.17) is 30.9 Å². The van der Waals surface area contributed by atoms with Crippen LogP contribution in [0.25, 0.3) is 0 Å². The molecule has 11 heterocycles. The van der Waals surface area contributed by atoms with E-state index in [2.05, 4.69) is 62.4 Å². The topological polar surface area (TPSA) is 373 Å². The zero-order chi connectivity index (χ0) is 77.1. The lowest BCUT2D eigenvalue weighted by Crippen LogP contribution is -2.58. The number of ether oxygens (including phenoxy) is 4. The van der Waals surface area contributed by atoms with Crippen LogP contribution >= 0.6 is 0 Å². The third-order valence-corrected chi connectivity index (χ3v) is 30.0. The molecule has 0 bridgehead atoms. The monoisotopic (exact) mass is 1520 g/mol. The molecule has 0 aliphatic carbocycles. The van der Waals surface area contributed by atoms with Gasteiger partial charge in [-0.15, -0.1) is 0 Å². The third kappa shape index (κ3) is 15.4. The predicted molar refractivity (Wildman–Crippen MR) is 374 cm³/mol. The number of ketones is 2. The molecule has 6 aliphatic heterocycles. The minimum absolute atomic E-state index is 0.0320.